The number of anilines is 1. The number of halogens is 2. The van der Waals surface area contributed by atoms with E-state index in [1.165, 1.54) is 30.3 Å². The van der Waals surface area contributed by atoms with Gasteiger partial charge in [-0.1, -0.05) is 31.4 Å². The summed E-state index contributed by atoms with van der Waals surface area (Å²) >= 11 is 0. The van der Waals surface area contributed by atoms with Crippen molar-refractivity contribution in [2.45, 2.75) is 88.2 Å². The Kier molecular flexibility index (Phi) is 10.7. The maximum Gasteiger partial charge on any atom is 0.322 e. The number of hydrogen-bond donors (Lipinski definition) is 2. The highest BCUT2D eigenvalue weighted by molar-refractivity contribution is 5.93. The van der Waals surface area contributed by atoms with Gasteiger partial charge in [-0.2, -0.15) is 15.2 Å². The van der Waals surface area contributed by atoms with Crippen LogP contribution in [0.25, 0.3) is 10.8 Å². The van der Waals surface area contributed by atoms with E-state index in [4.69, 9.17) is 30.4 Å². The molecule has 3 aliphatic heterocycles. The van der Waals surface area contributed by atoms with Crippen molar-refractivity contribution in [2.75, 3.05) is 51.9 Å². The van der Waals surface area contributed by atoms with Crippen molar-refractivity contribution >= 4 is 22.5 Å². The molecule has 2 saturated heterocycles. The molecular formula is C42H48F2N6O6. The third-order valence-electron chi connectivity index (χ3n) is 12.4. The highest BCUT2D eigenvalue weighted by atomic mass is 19.1. The van der Waals surface area contributed by atoms with E-state index in [0.29, 0.717) is 48.9 Å². The maximum atomic E-state index is 15.6. The molecule has 4 aliphatic rings. The number of amides is 1. The predicted octanol–water partition coefficient (Wildman–Crippen LogP) is 6.23. The fourth-order valence-corrected chi connectivity index (χ4v) is 9.08. The van der Waals surface area contributed by atoms with Crippen molar-refractivity contribution < 1.29 is 37.6 Å². The summed E-state index contributed by atoms with van der Waals surface area (Å²) in [6.45, 7) is 8.68. The number of rotatable bonds is 11. The molecule has 3 fully saturated rings. The van der Waals surface area contributed by atoms with Crippen molar-refractivity contribution in [1.82, 2.24) is 19.8 Å². The molecule has 56 heavy (non-hydrogen) atoms. The number of aromatic nitrogens is 2. The van der Waals surface area contributed by atoms with E-state index in [2.05, 4.69) is 33.8 Å². The van der Waals surface area contributed by atoms with E-state index >= 15 is 8.78 Å². The molecule has 0 bridgehead atoms. The number of likely N-dealkylation sites (tertiary alicyclic amines) is 1. The van der Waals surface area contributed by atoms with Gasteiger partial charge in [0.15, 0.2) is 11.9 Å². The number of nitriles is 1. The predicted molar refractivity (Wildman–Crippen MR) is 205 cm³/mol. The summed E-state index contributed by atoms with van der Waals surface area (Å²) < 4.78 is 55.5. The van der Waals surface area contributed by atoms with Gasteiger partial charge in [-0.15, -0.1) is 6.42 Å². The van der Waals surface area contributed by atoms with Gasteiger partial charge in [0, 0.05) is 56.8 Å². The monoisotopic (exact) mass is 770 g/mol. The number of nitrogens with zero attached hydrogens (tertiary/aromatic N) is 5. The van der Waals surface area contributed by atoms with Crippen LogP contribution in [0.15, 0.2) is 36.9 Å². The Morgan fingerprint density at radius 1 is 1.27 bits per heavy atom. The number of benzene rings is 2. The molecule has 1 saturated carbocycles. The average molecular weight is 771 g/mol. The Morgan fingerprint density at radius 3 is 2.71 bits per heavy atom. The summed E-state index contributed by atoms with van der Waals surface area (Å²) in [5.41, 5.74) is -2.20. The molecular weight excluding hydrogens is 722 g/mol. The number of carbonyl (C=O) groups is 1. The van der Waals surface area contributed by atoms with E-state index in [9.17, 15) is 15.2 Å². The van der Waals surface area contributed by atoms with Gasteiger partial charge in [0.25, 0.3) is 5.88 Å². The summed E-state index contributed by atoms with van der Waals surface area (Å²) in [5, 5.41) is 25.5. The second kappa shape index (κ2) is 15.4. The molecule has 3 atom stereocenters. The molecule has 1 aromatic heterocycles. The number of nitrogens with one attached hydrogen (secondary N) is 1. The highest BCUT2D eigenvalue weighted by Gasteiger charge is 2.58. The molecule has 2 N–H and O–H groups in total. The zero-order valence-corrected chi connectivity index (χ0v) is 32.1. The van der Waals surface area contributed by atoms with Gasteiger partial charge in [0.1, 0.15) is 31.0 Å². The lowest BCUT2D eigenvalue weighted by Gasteiger charge is -2.49. The number of hydrogen-bond acceptors (Lipinski definition) is 11. The normalized spacial score (nSPS) is 23.6. The minimum absolute atomic E-state index is 0.00423. The number of ether oxygens (including phenoxy) is 4. The maximum absolute atomic E-state index is 15.6. The molecule has 12 nitrogen and oxygen atoms in total. The number of aromatic hydroxyl groups is 1. The Bertz CT molecular complexity index is 2090. The van der Waals surface area contributed by atoms with E-state index in [-0.39, 0.29) is 72.9 Å². The van der Waals surface area contributed by atoms with Crippen LogP contribution in [0, 0.1) is 34.9 Å². The molecule has 0 radical (unpaired) electrons. The molecule has 1 unspecified atom stereocenters. The van der Waals surface area contributed by atoms with E-state index in [1.54, 1.807) is 25.8 Å². The first-order chi connectivity index (χ1) is 26.8. The fourth-order valence-electron chi connectivity index (χ4n) is 9.08. The zero-order valence-electron chi connectivity index (χ0n) is 32.1. The van der Waals surface area contributed by atoms with E-state index in [1.807, 2.05) is 0 Å². The van der Waals surface area contributed by atoms with Gasteiger partial charge in [0.05, 0.1) is 28.1 Å². The second-order valence-corrected chi connectivity index (χ2v) is 15.8. The van der Waals surface area contributed by atoms with Gasteiger partial charge >= 0.3 is 6.01 Å². The van der Waals surface area contributed by atoms with Crippen LogP contribution in [0.2, 0.25) is 0 Å². The van der Waals surface area contributed by atoms with E-state index in [0.717, 1.165) is 25.7 Å². The Hall–Kier alpha value is -5.18. The number of carbonyl (C=O) groups excluding carboxylic acids is 1. The van der Waals surface area contributed by atoms with Gasteiger partial charge in [-0.05, 0) is 69.2 Å². The number of terminal acetylenes is 1. The van der Waals surface area contributed by atoms with Gasteiger partial charge in [0.2, 0.25) is 11.7 Å². The van der Waals surface area contributed by atoms with Crippen LogP contribution in [0.5, 0.6) is 23.4 Å². The third-order valence-corrected chi connectivity index (χ3v) is 12.4. The Morgan fingerprint density at radius 2 is 2.02 bits per heavy atom. The van der Waals surface area contributed by atoms with Crippen molar-refractivity contribution in [2.24, 2.45) is 5.41 Å². The number of phenolic OH excluding ortho intramolecular Hbond substituents is 1. The smallest absolute Gasteiger partial charge is 0.322 e. The SMILES string of the molecule is C#Cc1c(F)ccc2cc(O)cc(C3COc4c(NCC5(N(C)C(=O)C=C)CCCC5)nc(OC[C@]5(C(C)(C)C#N)C[C@@H](F)CN5C5CCOCC5)nc4O3)c12. The first-order valence-electron chi connectivity index (χ1n) is 19.2. The van der Waals surface area contributed by atoms with Crippen molar-refractivity contribution in [1.29, 1.82) is 5.26 Å². The number of alkyl halides is 1. The van der Waals surface area contributed by atoms with Gasteiger partial charge in [-0.3, -0.25) is 9.69 Å². The number of likely N-dealkylation sites (N-methyl/N-ethyl adjacent to an activating group) is 1. The van der Waals surface area contributed by atoms with Crippen LogP contribution >= 0.6 is 0 Å². The quantitative estimate of drug-likeness (QED) is 0.169. The lowest BCUT2D eigenvalue weighted by atomic mass is 9.71. The first-order valence-corrected chi connectivity index (χ1v) is 19.2. The first kappa shape index (κ1) is 39.1. The summed E-state index contributed by atoms with van der Waals surface area (Å²) in [6, 6.07) is 8.05. The lowest BCUT2D eigenvalue weighted by molar-refractivity contribution is -0.129. The largest absolute Gasteiger partial charge is 0.508 e. The van der Waals surface area contributed by atoms with Crippen LogP contribution in [-0.2, 0) is 9.53 Å². The summed E-state index contributed by atoms with van der Waals surface area (Å²) in [4.78, 5) is 26.0. The Labute approximate surface area is 325 Å². The van der Waals surface area contributed by atoms with E-state index < -0.39 is 34.6 Å². The minimum atomic E-state index is -1.18. The standard InChI is InChI=1S/C42H48F2N6O6/c1-6-30-32(44)11-10-26-18-29(51)19-31(35(26)30)33-22-54-36-37(46-24-41(14-8-9-15-41)49(5)34(52)7-2)47-39(48-38(36)56-33)55-25-42(40(3,4)23-45)20-27(43)21-50(42)28-12-16-53-17-13-28/h1,7,10-11,18-19,27-28,33,51H,2,8-9,12-17,20-22,24-25H2,3-5H3,(H,46,47,48)/t27-,33?,42+/m1/s1. The van der Waals surface area contributed by atoms with Crippen molar-refractivity contribution in [3.63, 3.8) is 0 Å². The van der Waals surface area contributed by atoms with Gasteiger partial charge < -0.3 is 34.3 Å². The number of fused-ring (bicyclic) bond motifs is 2. The molecule has 296 valence electrons. The summed E-state index contributed by atoms with van der Waals surface area (Å²) in [7, 11) is 1.76. The van der Waals surface area contributed by atoms with Crippen LogP contribution in [0.4, 0.5) is 14.6 Å². The van der Waals surface area contributed by atoms with Crippen molar-refractivity contribution in [3.05, 3.63) is 53.9 Å². The lowest BCUT2D eigenvalue weighted by Crippen LogP contribution is -2.61. The molecule has 4 heterocycles. The molecule has 2 aromatic carbocycles. The van der Waals surface area contributed by atoms with Gasteiger partial charge in [-0.25, -0.2) is 8.78 Å². The Balaban J connectivity index is 1.28. The molecule has 7 rings (SSSR count). The second-order valence-electron chi connectivity index (χ2n) is 15.8. The summed E-state index contributed by atoms with van der Waals surface area (Å²) in [5.74, 6) is 2.00. The number of phenols is 1. The molecule has 14 heteroatoms. The summed E-state index contributed by atoms with van der Waals surface area (Å²) in [6.07, 6.45) is 9.83. The fraction of sp³-hybridized carbons (Fsp3) is 0.524. The molecule has 0 spiro atoms. The highest BCUT2D eigenvalue weighted by Crippen LogP contribution is 2.48. The van der Waals surface area contributed by atoms with Crippen LogP contribution in [0.1, 0.15) is 76.0 Å². The van der Waals surface area contributed by atoms with Crippen molar-refractivity contribution in [3.8, 4) is 41.8 Å². The minimum Gasteiger partial charge on any atom is -0.508 e. The molecule has 1 amide bonds. The van der Waals surface area contributed by atoms with Crippen LogP contribution in [0.3, 0.4) is 0 Å². The third kappa shape index (κ3) is 6.94. The molecule has 1 aliphatic carbocycles. The zero-order chi connectivity index (χ0) is 39.8. The van der Waals surface area contributed by atoms with Crippen LogP contribution in [-0.4, -0.2) is 101 Å². The topological polar surface area (TPSA) is 142 Å². The average Bonchev–Trinajstić information content (AvgIpc) is 3.84. The molecule has 3 aromatic rings. The van der Waals surface area contributed by atoms with Crippen LogP contribution < -0.4 is 19.5 Å².